The maximum atomic E-state index is 12.8. The van der Waals surface area contributed by atoms with E-state index in [-0.39, 0.29) is 11.4 Å². The summed E-state index contributed by atoms with van der Waals surface area (Å²) < 4.78 is 18.2. The SMILES string of the molecule is N#Cc1cc(Oc2ccc(F)cc2N)ccn1. The predicted molar refractivity (Wildman–Crippen MR) is 59.8 cm³/mol. The minimum absolute atomic E-state index is 0.195. The number of benzene rings is 1. The molecule has 17 heavy (non-hydrogen) atoms. The van der Waals surface area contributed by atoms with Gasteiger partial charge in [-0.1, -0.05) is 0 Å². The van der Waals surface area contributed by atoms with Crippen molar-refractivity contribution in [2.24, 2.45) is 0 Å². The number of nitrogens with zero attached hydrogens (tertiary/aromatic N) is 2. The fourth-order valence-electron chi connectivity index (χ4n) is 1.28. The third kappa shape index (κ3) is 2.49. The molecule has 0 amide bonds. The minimum Gasteiger partial charge on any atom is -0.455 e. The number of nitrogens with two attached hydrogens (primary N) is 1. The van der Waals surface area contributed by atoms with Gasteiger partial charge in [-0.25, -0.2) is 9.37 Å². The zero-order valence-corrected chi connectivity index (χ0v) is 8.72. The van der Waals surface area contributed by atoms with Gasteiger partial charge in [0.1, 0.15) is 23.3 Å². The van der Waals surface area contributed by atoms with E-state index >= 15 is 0 Å². The average Bonchev–Trinajstić information content (AvgIpc) is 2.33. The van der Waals surface area contributed by atoms with Crippen LogP contribution in [0.2, 0.25) is 0 Å². The van der Waals surface area contributed by atoms with Crippen molar-refractivity contribution in [1.29, 1.82) is 5.26 Å². The molecule has 0 atom stereocenters. The predicted octanol–water partition coefficient (Wildman–Crippen LogP) is 2.47. The van der Waals surface area contributed by atoms with E-state index in [4.69, 9.17) is 15.7 Å². The molecular formula is C12H8FN3O. The Balaban J connectivity index is 2.28. The second-order valence-electron chi connectivity index (χ2n) is 3.27. The first-order chi connectivity index (χ1) is 8.19. The third-order valence-electron chi connectivity index (χ3n) is 2.05. The van der Waals surface area contributed by atoms with Crippen LogP contribution in [0.25, 0.3) is 0 Å². The second kappa shape index (κ2) is 4.49. The lowest BCUT2D eigenvalue weighted by atomic mass is 10.3. The quantitative estimate of drug-likeness (QED) is 0.803. The molecule has 0 aliphatic rings. The molecular weight excluding hydrogens is 221 g/mol. The van der Waals surface area contributed by atoms with Crippen molar-refractivity contribution in [3.05, 3.63) is 48.0 Å². The number of rotatable bonds is 2. The van der Waals surface area contributed by atoms with E-state index in [1.54, 1.807) is 6.07 Å². The van der Waals surface area contributed by atoms with Crippen LogP contribution in [0.1, 0.15) is 5.69 Å². The largest absolute Gasteiger partial charge is 0.455 e. The fourth-order valence-corrected chi connectivity index (χ4v) is 1.28. The molecule has 0 unspecified atom stereocenters. The zero-order valence-electron chi connectivity index (χ0n) is 8.72. The molecule has 0 aliphatic carbocycles. The van der Waals surface area contributed by atoms with Crippen molar-refractivity contribution >= 4 is 5.69 Å². The van der Waals surface area contributed by atoms with E-state index in [0.29, 0.717) is 11.5 Å². The number of ether oxygens (including phenoxy) is 1. The fraction of sp³-hybridized carbons (Fsp3) is 0. The number of hydrogen-bond acceptors (Lipinski definition) is 4. The van der Waals surface area contributed by atoms with Crippen LogP contribution in [0.4, 0.5) is 10.1 Å². The molecule has 0 radical (unpaired) electrons. The number of aromatic nitrogens is 1. The molecule has 2 rings (SSSR count). The van der Waals surface area contributed by atoms with Gasteiger partial charge >= 0.3 is 0 Å². The lowest BCUT2D eigenvalue weighted by Crippen LogP contribution is -1.93. The molecule has 2 N–H and O–H groups in total. The van der Waals surface area contributed by atoms with E-state index in [0.717, 1.165) is 0 Å². The normalized spacial score (nSPS) is 9.65. The van der Waals surface area contributed by atoms with Crippen LogP contribution in [0.3, 0.4) is 0 Å². The number of pyridine rings is 1. The first kappa shape index (κ1) is 10.9. The van der Waals surface area contributed by atoms with Crippen molar-refractivity contribution in [2.45, 2.75) is 0 Å². The van der Waals surface area contributed by atoms with E-state index < -0.39 is 5.82 Å². The van der Waals surface area contributed by atoms with Gasteiger partial charge in [-0.3, -0.25) is 0 Å². The maximum Gasteiger partial charge on any atom is 0.150 e. The maximum absolute atomic E-state index is 12.8. The van der Waals surface area contributed by atoms with E-state index in [2.05, 4.69) is 4.98 Å². The van der Waals surface area contributed by atoms with Gasteiger partial charge in [0.25, 0.3) is 0 Å². The van der Waals surface area contributed by atoms with Crippen LogP contribution in [-0.2, 0) is 0 Å². The Bertz CT molecular complexity index is 593. The third-order valence-corrected chi connectivity index (χ3v) is 2.05. The van der Waals surface area contributed by atoms with Crippen molar-refractivity contribution in [3.63, 3.8) is 0 Å². The zero-order chi connectivity index (χ0) is 12.3. The molecule has 5 heteroatoms. The van der Waals surface area contributed by atoms with E-state index in [1.807, 2.05) is 6.07 Å². The van der Waals surface area contributed by atoms with Gasteiger partial charge in [-0.05, 0) is 18.2 Å². The van der Waals surface area contributed by atoms with E-state index in [1.165, 1.54) is 30.5 Å². The van der Waals surface area contributed by atoms with Gasteiger partial charge in [0.2, 0.25) is 0 Å². The highest BCUT2D eigenvalue weighted by Gasteiger charge is 2.04. The molecule has 84 valence electrons. The van der Waals surface area contributed by atoms with E-state index in [9.17, 15) is 4.39 Å². The number of hydrogen-bond donors (Lipinski definition) is 1. The van der Waals surface area contributed by atoms with Crippen LogP contribution < -0.4 is 10.5 Å². The van der Waals surface area contributed by atoms with Crippen LogP contribution in [0, 0.1) is 17.1 Å². The summed E-state index contributed by atoms with van der Waals surface area (Å²) in [6.07, 6.45) is 1.45. The monoisotopic (exact) mass is 229 g/mol. The Morgan fingerprint density at radius 1 is 1.29 bits per heavy atom. The Labute approximate surface area is 97.1 Å². The molecule has 1 aromatic carbocycles. The molecule has 1 aromatic heterocycles. The van der Waals surface area contributed by atoms with Crippen molar-refractivity contribution in [2.75, 3.05) is 5.73 Å². The molecule has 0 fully saturated rings. The van der Waals surface area contributed by atoms with Gasteiger partial charge in [-0.15, -0.1) is 0 Å². The van der Waals surface area contributed by atoms with Crippen molar-refractivity contribution in [3.8, 4) is 17.6 Å². The summed E-state index contributed by atoms with van der Waals surface area (Å²) in [6, 6.07) is 8.80. The average molecular weight is 229 g/mol. The highest BCUT2D eigenvalue weighted by molar-refractivity contribution is 5.54. The summed E-state index contributed by atoms with van der Waals surface area (Å²) in [4.78, 5) is 3.80. The molecule has 0 saturated carbocycles. The number of nitriles is 1. The van der Waals surface area contributed by atoms with Gasteiger partial charge in [0.15, 0.2) is 5.75 Å². The first-order valence-electron chi connectivity index (χ1n) is 4.78. The minimum atomic E-state index is -0.428. The molecule has 0 aliphatic heterocycles. The molecule has 4 nitrogen and oxygen atoms in total. The number of halogens is 1. The summed E-state index contributed by atoms with van der Waals surface area (Å²) in [6.45, 7) is 0. The smallest absolute Gasteiger partial charge is 0.150 e. The lowest BCUT2D eigenvalue weighted by Gasteiger charge is -2.08. The van der Waals surface area contributed by atoms with Gasteiger partial charge < -0.3 is 10.5 Å². The van der Waals surface area contributed by atoms with Crippen LogP contribution >= 0.6 is 0 Å². The Hall–Kier alpha value is -2.61. The van der Waals surface area contributed by atoms with Crippen molar-refractivity contribution in [1.82, 2.24) is 4.98 Å². The summed E-state index contributed by atoms with van der Waals surface area (Å²) >= 11 is 0. The molecule has 2 aromatic rings. The Morgan fingerprint density at radius 2 is 2.12 bits per heavy atom. The highest BCUT2D eigenvalue weighted by atomic mass is 19.1. The topological polar surface area (TPSA) is 71.9 Å². The van der Waals surface area contributed by atoms with Gasteiger partial charge in [0.05, 0.1) is 5.69 Å². The number of anilines is 1. The van der Waals surface area contributed by atoms with Crippen LogP contribution in [0.5, 0.6) is 11.5 Å². The lowest BCUT2D eigenvalue weighted by molar-refractivity contribution is 0.482. The molecule has 0 bridgehead atoms. The molecule has 0 spiro atoms. The molecule has 0 saturated heterocycles. The van der Waals surface area contributed by atoms with Crippen LogP contribution in [-0.4, -0.2) is 4.98 Å². The van der Waals surface area contributed by atoms with Gasteiger partial charge in [-0.2, -0.15) is 5.26 Å². The number of nitrogen functional groups attached to an aromatic ring is 1. The Morgan fingerprint density at radius 3 is 2.82 bits per heavy atom. The molecule has 1 heterocycles. The summed E-state index contributed by atoms with van der Waals surface area (Å²) in [5.41, 5.74) is 6.03. The summed E-state index contributed by atoms with van der Waals surface area (Å²) in [5, 5.41) is 8.68. The first-order valence-corrected chi connectivity index (χ1v) is 4.78. The van der Waals surface area contributed by atoms with Crippen molar-refractivity contribution < 1.29 is 9.13 Å². The Kier molecular flexibility index (Phi) is 2.88. The van der Waals surface area contributed by atoms with Gasteiger partial charge in [0, 0.05) is 18.3 Å². The standard InChI is InChI=1S/C12H8FN3O/c13-8-1-2-12(11(15)5-8)17-10-3-4-16-9(6-10)7-14/h1-6H,15H2. The second-order valence-corrected chi connectivity index (χ2v) is 3.27. The van der Waals surface area contributed by atoms with Crippen LogP contribution in [0.15, 0.2) is 36.5 Å². The highest BCUT2D eigenvalue weighted by Crippen LogP contribution is 2.27. The summed E-state index contributed by atoms with van der Waals surface area (Å²) in [5.74, 6) is 0.332. The summed E-state index contributed by atoms with van der Waals surface area (Å²) in [7, 11) is 0.